The minimum absolute atomic E-state index is 0.0542. The van der Waals surface area contributed by atoms with Crippen molar-refractivity contribution in [2.45, 2.75) is 0 Å². The minimum Gasteiger partial charge on any atom is -0.497 e. The quantitative estimate of drug-likeness (QED) is 0.737. The lowest BCUT2D eigenvalue weighted by molar-refractivity contribution is 0.414. The molecule has 116 valence electrons. The third-order valence-electron chi connectivity index (χ3n) is 3.18. The zero-order valence-corrected chi connectivity index (χ0v) is 12.8. The molecule has 0 atom stereocenters. The van der Waals surface area contributed by atoms with Crippen LogP contribution in [0.4, 0.5) is 0 Å². The van der Waals surface area contributed by atoms with Crippen molar-refractivity contribution in [3.63, 3.8) is 0 Å². The molecule has 0 aliphatic heterocycles. The summed E-state index contributed by atoms with van der Waals surface area (Å²) in [6.07, 6.45) is 0. The van der Waals surface area contributed by atoms with E-state index in [1.807, 2.05) is 0 Å². The maximum atomic E-state index is 12.2. The Morgan fingerprint density at radius 3 is 2.26 bits per heavy atom. The third kappa shape index (κ3) is 3.02. The van der Waals surface area contributed by atoms with Crippen LogP contribution in [-0.4, -0.2) is 16.7 Å². The van der Waals surface area contributed by atoms with Gasteiger partial charge in [0.15, 0.2) is 0 Å². The van der Waals surface area contributed by atoms with Gasteiger partial charge in [-0.2, -0.15) is 9.55 Å². The van der Waals surface area contributed by atoms with Gasteiger partial charge in [-0.1, -0.05) is 11.6 Å². The first-order chi connectivity index (χ1) is 11.1. The Hall–Kier alpha value is -2.86. The molecular weight excluding hydrogens is 320 g/mol. The largest absolute Gasteiger partial charge is 0.497 e. The van der Waals surface area contributed by atoms with E-state index in [1.54, 1.807) is 48.5 Å². The summed E-state index contributed by atoms with van der Waals surface area (Å²) in [6, 6.07) is 12.9. The molecule has 7 heteroatoms. The maximum Gasteiger partial charge on any atom is 0.429 e. The summed E-state index contributed by atoms with van der Waals surface area (Å²) in [6.45, 7) is 0. The van der Waals surface area contributed by atoms with Crippen LogP contribution in [0, 0.1) is 0 Å². The van der Waals surface area contributed by atoms with E-state index in [9.17, 15) is 9.59 Å². The Labute approximate surface area is 135 Å². The van der Waals surface area contributed by atoms with E-state index in [0.29, 0.717) is 22.0 Å². The highest BCUT2D eigenvalue weighted by Crippen LogP contribution is 2.18. The fourth-order valence-electron chi connectivity index (χ4n) is 2.03. The van der Waals surface area contributed by atoms with Gasteiger partial charge in [0.1, 0.15) is 5.75 Å². The average Bonchev–Trinajstić information content (AvgIpc) is 2.55. The highest BCUT2D eigenvalue weighted by molar-refractivity contribution is 6.30. The van der Waals surface area contributed by atoms with Crippen LogP contribution in [0.3, 0.4) is 0 Å². The molecule has 6 nitrogen and oxygen atoms in total. The van der Waals surface area contributed by atoms with Crippen LogP contribution < -0.4 is 16.2 Å². The molecule has 3 rings (SSSR count). The van der Waals surface area contributed by atoms with Gasteiger partial charge in [0.25, 0.3) is 0 Å². The summed E-state index contributed by atoms with van der Waals surface area (Å²) in [4.78, 5) is 28.2. The zero-order chi connectivity index (χ0) is 16.4. The normalized spacial score (nSPS) is 10.5. The SMILES string of the molecule is COc1ccc(-n2c(=O)nc(-c3ccc(Cl)cc3)oc2=O)cc1. The van der Waals surface area contributed by atoms with Crippen molar-refractivity contribution in [3.8, 4) is 22.9 Å². The number of rotatable bonds is 3. The molecule has 1 heterocycles. The molecule has 0 saturated carbocycles. The molecule has 0 fully saturated rings. The molecule has 0 radical (unpaired) electrons. The lowest BCUT2D eigenvalue weighted by Gasteiger charge is -2.05. The number of methoxy groups -OCH3 is 1. The monoisotopic (exact) mass is 330 g/mol. The molecule has 0 aliphatic carbocycles. The van der Waals surface area contributed by atoms with Crippen LogP contribution in [0.15, 0.2) is 62.5 Å². The predicted octanol–water partition coefficient (Wildman–Crippen LogP) is 2.51. The molecular formula is C16H11ClN2O4. The first-order valence-corrected chi connectivity index (χ1v) is 7.01. The average molecular weight is 331 g/mol. The lowest BCUT2D eigenvalue weighted by atomic mass is 10.2. The first-order valence-electron chi connectivity index (χ1n) is 6.63. The summed E-state index contributed by atoms with van der Waals surface area (Å²) < 4.78 is 11.0. The Balaban J connectivity index is 2.08. The van der Waals surface area contributed by atoms with Gasteiger partial charge >= 0.3 is 11.4 Å². The van der Waals surface area contributed by atoms with Gasteiger partial charge in [-0.25, -0.2) is 9.59 Å². The van der Waals surface area contributed by atoms with Gasteiger partial charge in [0.05, 0.1) is 12.8 Å². The molecule has 0 saturated heterocycles. The van der Waals surface area contributed by atoms with Gasteiger partial charge in [0, 0.05) is 10.6 Å². The molecule has 1 aromatic heterocycles. The first kappa shape index (κ1) is 15.1. The van der Waals surface area contributed by atoms with Gasteiger partial charge < -0.3 is 9.15 Å². The topological polar surface area (TPSA) is 74.3 Å². The fraction of sp³-hybridized carbons (Fsp3) is 0.0625. The van der Waals surface area contributed by atoms with E-state index in [4.69, 9.17) is 20.8 Å². The number of halogens is 1. The molecule has 0 aliphatic rings. The van der Waals surface area contributed by atoms with E-state index >= 15 is 0 Å². The van der Waals surface area contributed by atoms with Crippen molar-refractivity contribution in [3.05, 3.63) is 74.6 Å². The van der Waals surface area contributed by atoms with Gasteiger partial charge in [-0.3, -0.25) is 0 Å². The van der Waals surface area contributed by atoms with E-state index in [2.05, 4.69) is 4.98 Å². The number of hydrogen-bond donors (Lipinski definition) is 0. The number of ether oxygens (including phenoxy) is 1. The molecule has 23 heavy (non-hydrogen) atoms. The van der Waals surface area contributed by atoms with Crippen LogP contribution in [-0.2, 0) is 0 Å². The van der Waals surface area contributed by atoms with Crippen molar-refractivity contribution in [2.75, 3.05) is 7.11 Å². The highest BCUT2D eigenvalue weighted by Gasteiger charge is 2.12. The summed E-state index contributed by atoms with van der Waals surface area (Å²) in [5, 5.41) is 0.530. The van der Waals surface area contributed by atoms with Crippen LogP contribution in [0.5, 0.6) is 5.75 Å². The highest BCUT2D eigenvalue weighted by atomic mass is 35.5. The van der Waals surface area contributed by atoms with Gasteiger partial charge in [-0.15, -0.1) is 0 Å². The van der Waals surface area contributed by atoms with Crippen molar-refractivity contribution in [1.82, 2.24) is 9.55 Å². The molecule has 0 spiro atoms. The Morgan fingerprint density at radius 1 is 1.04 bits per heavy atom. The van der Waals surface area contributed by atoms with Crippen LogP contribution in [0.1, 0.15) is 0 Å². The number of hydrogen-bond acceptors (Lipinski definition) is 5. The number of nitrogens with zero attached hydrogens (tertiary/aromatic N) is 2. The van der Waals surface area contributed by atoms with Crippen LogP contribution in [0.2, 0.25) is 5.02 Å². The standard InChI is InChI=1S/C16H11ClN2O4/c1-22-13-8-6-12(7-9-13)19-15(20)18-14(23-16(19)21)10-2-4-11(17)5-3-10/h2-9H,1H3. The Bertz CT molecular complexity index is 912. The van der Waals surface area contributed by atoms with Crippen molar-refractivity contribution in [2.24, 2.45) is 0 Å². The second-order valence-corrected chi connectivity index (χ2v) is 5.04. The molecule has 3 aromatic rings. The van der Waals surface area contributed by atoms with Crippen LogP contribution in [0.25, 0.3) is 17.1 Å². The maximum absolute atomic E-state index is 12.2. The number of aromatic nitrogens is 2. The molecule has 0 N–H and O–H groups in total. The minimum atomic E-state index is -0.819. The van der Waals surface area contributed by atoms with E-state index in [-0.39, 0.29) is 5.89 Å². The molecule has 0 unspecified atom stereocenters. The molecule has 0 amide bonds. The second-order valence-electron chi connectivity index (χ2n) is 4.61. The summed E-state index contributed by atoms with van der Waals surface area (Å²) >= 11 is 5.80. The fourth-order valence-corrected chi connectivity index (χ4v) is 2.16. The van der Waals surface area contributed by atoms with Crippen molar-refractivity contribution >= 4 is 11.6 Å². The molecule has 2 aromatic carbocycles. The van der Waals surface area contributed by atoms with E-state index in [1.165, 1.54) is 7.11 Å². The van der Waals surface area contributed by atoms with Crippen LogP contribution >= 0.6 is 11.6 Å². The smallest absolute Gasteiger partial charge is 0.429 e. The summed E-state index contributed by atoms with van der Waals surface area (Å²) in [7, 11) is 1.53. The van der Waals surface area contributed by atoms with E-state index in [0.717, 1.165) is 4.57 Å². The predicted molar refractivity (Wildman–Crippen MR) is 85.4 cm³/mol. The van der Waals surface area contributed by atoms with Gasteiger partial charge in [-0.05, 0) is 48.5 Å². The van der Waals surface area contributed by atoms with Gasteiger partial charge in [0.2, 0.25) is 5.89 Å². The Kier molecular flexibility index (Phi) is 3.99. The van der Waals surface area contributed by atoms with Crippen molar-refractivity contribution in [1.29, 1.82) is 0 Å². The molecule has 0 bridgehead atoms. The summed E-state index contributed by atoms with van der Waals surface area (Å²) in [5.41, 5.74) is 0.113. The van der Waals surface area contributed by atoms with E-state index < -0.39 is 11.4 Å². The lowest BCUT2D eigenvalue weighted by Crippen LogP contribution is -2.33. The third-order valence-corrected chi connectivity index (χ3v) is 3.43. The Morgan fingerprint density at radius 2 is 1.70 bits per heavy atom. The zero-order valence-electron chi connectivity index (χ0n) is 12.0. The second kappa shape index (κ2) is 6.10. The van der Waals surface area contributed by atoms with Crippen molar-refractivity contribution < 1.29 is 9.15 Å². The number of benzene rings is 2. The summed E-state index contributed by atoms with van der Waals surface area (Å²) in [5.74, 6) is -0.265.